The SMILES string of the molecule is CCc1ccc(OCC(=O)OCC(=O)Nc2ccc([N+](=O)[O-])cc2Cl)cc1. The Morgan fingerprint density at radius 2 is 1.85 bits per heavy atom. The summed E-state index contributed by atoms with van der Waals surface area (Å²) in [6, 6.07) is 10.9. The van der Waals surface area contributed by atoms with Gasteiger partial charge in [-0.05, 0) is 30.2 Å². The predicted molar refractivity (Wildman–Crippen MR) is 99.0 cm³/mol. The first-order valence-corrected chi connectivity index (χ1v) is 8.38. The maximum Gasteiger partial charge on any atom is 0.344 e. The van der Waals surface area contributed by atoms with E-state index in [4.69, 9.17) is 21.1 Å². The van der Waals surface area contributed by atoms with Crippen molar-refractivity contribution < 1.29 is 24.0 Å². The fourth-order valence-corrected chi connectivity index (χ4v) is 2.28. The molecule has 0 aliphatic rings. The summed E-state index contributed by atoms with van der Waals surface area (Å²) in [5.41, 5.74) is 1.12. The van der Waals surface area contributed by atoms with E-state index >= 15 is 0 Å². The van der Waals surface area contributed by atoms with Crippen LogP contribution in [0.5, 0.6) is 5.75 Å². The number of hydrogen-bond acceptors (Lipinski definition) is 6. The number of halogens is 1. The predicted octanol–water partition coefficient (Wildman–Crippen LogP) is 3.37. The molecule has 0 fully saturated rings. The number of ether oxygens (including phenoxy) is 2. The van der Waals surface area contributed by atoms with Gasteiger partial charge in [0.05, 0.1) is 15.6 Å². The molecule has 0 saturated heterocycles. The third-order valence-electron chi connectivity index (χ3n) is 3.49. The molecule has 0 aliphatic carbocycles. The van der Waals surface area contributed by atoms with Crippen LogP contribution in [0.2, 0.25) is 5.02 Å². The summed E-state index contributed by atoms with van der Waals surface area (Å²) in [7, 11) is 0. The molecule has 0 spiro atoms. The molecule has 0 bridgehead atoms. The van der Waals surface area contributed by atoms with Crippen LogP contribution in [0, 0.1) is 10.1 Å². The van der Waals surface area contributed by atoms with E-state index in [1.807, 2.05) is 19.1 Å². The topological polar surface area (TPSA) is 108 Å². The van der Waals surface area contributed by atoms with Crippen LogP contribution in [-0.2, 0) is 20.7 Å². The Kier molecular flexibility index (Phi) is 7.13. The van der Waals surface area contributed by atoms with Crippen molar-refractivity contribution in [3.63, 3.8) is 0 Å². The van der Waals surface area contributed by atoms with Crippen LogP contribution in [0.1, 0.15) is 12.5 Å². The van der Waals surface area contributed by atoms with Crippen LogP contribution in [0.25, 0.3) is 0 Å². The average Bonchev–Trinajstić information content (AvgIpc) is 2.66. The number of amides is 1. The minimum atomic E-state index is -0.709. The lowest BCUT2D eigenvalue weighted by molar-refractivity contribution is -0.384. The number of rotatable bonds is 8. The number of hydrogen-bond donors (Lipinski definition) is 1. The van der Waals surface area contributed by atoms with Gasteiger partial charge in [-0.2, -0.15) is 0 Å². The number of carbonyl (C=O) groups is 2. The molecule has 0 aliphatic heterocycles. The molecule has 9 heteroatoms. The average molecular weight is 393 g/mol. The lowest BCUT2D eigenvalue weighted by Crippen LogP contribution is -2.23. The summed E-state index contributed by atoms with van der Waals surface area (Å²) < 4.78 is 10.1. The van der Waals surface area contributed by atoms with Crippen LogP contribution >= 0.6 is 11.6 Å². The van der Waals surface area contributed by atoms with Gasteiger partial charge in [0.15, 0.2) is 13.2 Å². The zero-order chi connectivity index (χ0) is 19.8. The first-order chi connectivity index (χ1) is 12.9. The zero-order valence-electron chi connectivity index (χ0n) is 14.4. The van der Waals surface area contributed by atoms with Gasteiger partial charge in [-0.1, -0.05) is 30.7 Å². The van der Waals surface area contributed by atoms with Crippen molar-refractivity contribution in [3.8, 4) is 5.75 Å². The van der Waals surface area contributed by atoms with Crippen LogP contribution in [0.4, 0.5) is 11.4 Å². The van der Waals surface area contributed by atoms with E-state index < -0.39 is 23.4 Å². The van der Waals surface area contributed by atoms with Crippen molar-refractivity contribution in [1.82, 2.24) is 0 Å². The normalized spacial score (nSPS) is 10.1. The molecular weight excluding hydrogens is 376 g/mol. The van der Waals surface area contributed by atoms with Gasteiger partial charge in [0, 0.05) is 12.1 Å². The van der Waals surface area contributed by atoms with Gasteiger partial charge < -0.3 is 14.8 Å². The monoisotopic (exact) mass is 392 g/mol. The Morgan fingerprint density at radius 3 is 2.44 bits per heavy atom. The van der Waals surface area contributed by atoms with E-state index in [1.165, 1.54) is 12.1 Å². The zero-order valence-corrected chi connectivity index (χ0v) is 15.2. The third-order valence-corrected chi connectivity index (χ3v) is 3.80. The fraction of sp³-hybridized carbons (Fsp3) is 0.222. The second-order valence-electron chi connectivity index (χ2n) is 5.42. The number of anilines is 1. The van der Waals surface area contributed by atoms with Crippen LogP contribution in [-0.4, -0.2) is 30.0 Å². The molecule has 1 amide bonds. The van der Waals surface area contributed by atoms with Crippen molar-refractivity contribution in [3.05, 3.63) is 63.2 Å². The minimum absolute atomic E-state index is 0.00253. The van der Waals surface area contributed by atoms with Crippen molar-refractivity contribution >= 4 is 34.9 Å². The Labute approximate surface area is 160 Å². The lowest BCUT2D eigenvalue weighted by atomic mass is 10.2. The second-order valence-corrected chi connectivity index (χ2v) is 5.82. The summed E-state index contributed by atoms with van der Waals surface area (Å²) in [5.74, 6) is -0.822. The summed E-state index contributed by atoms with van der Waals surface area (Å²) in [6.07, 6.45) is 0.899. The summed E-state index contributed by atoms with van der Waals surface area (Å²) in [4.78, 5) is 33.5. The number of benzene rings is 2. The fourth-order valence-electron chi connectivity index (χ4n) is 2.06. The molecule has 0 heterocycles. The highest BCUT2D eigenvalue weighted by Crippen LogP contribution is 2.26. The standard InChI is InChI=1S/C18H17ClN2O6/c1-2-12-3-6-14(7-4-12)26-11-18(23)27-10-17(22)20-16-8-5-13(21(24)25)9-15(16)19/h3-9H,2,10-11H2,1H3,(H,20,22). The number of esters is 1. The Morgan fingerprint density at radius 1 is 1.15 bits per heavy atom. The van der Waals surface area contributed by atoms with Crippen molar-refractivity contribution in [2.75, 3.05) is 18.5 Å². The molecule has 0 aromatic heterocycles. The molecule has 0 unspecified atom stereocenters. The lowest BCUT2D eigenvalue weighted by Gasteiger charge is -2.09. The molecule has 0 radical (unpaired) electrons. The largest absolute Gasteiger partial charge is 0.482 e. The second kappa shape index (κ2) is 9.54. The smallest absolute Gasteiger partial charge is 0.344 e. The molecule has 27 heavy (non-hydrogen) atoms. The Hall–Kier alpha value is -3.13. The van der Waals surface area contributed by atoms with Gasteiger partial charge in [0.1, 0.15) is 5.75 Å². The Bertz CT molecular complexity index is 838. The van der Waals surface area contributed by atoms with E-state index in [-0.39, 0.29) is 23.0 Å². The summed E-state index contributed by atoms with van der Waals surface area (Å²) in [5, 5.41) is 13.1. The number of nitrogens with zero attached hydrogens (tertiary/aromatic N) is 1. The van der Waals surface area contributed by atoms with E-state index in [1.54, 1.807) is 12.1 Å². The maximum atomic E-state index is 11.8. The van der Waals surface area contributed by atoms with Gasteiger partial charge in [0.2, 0.25) is 0 Å². The molecule has 142 valence electrons. The van der Waals surface area contributed by atoms with E-state index in [2.05, 4.69) is 5.32 Å². The number of aryl methyl sites for hydroxylation is 1. The minimum Gasteiger partial charge on any atom is -0.482 e. The van der Waals surface area contributed by atoms with Crippen molar-refractivity contribution in [2.24, 2.45) is 0 Å². The van der Waals surface area contributed by atoms with E-state index in [9.17, 15) is 19.7 Å². The number of non-ortho nitro benzene ring substituents is 1. The van der Waals surface area contributed by atoms with Gasteiger partial charge in [-0.3, -0.25) is 14.9 Å². The number of nitro benzene ring substituents is 1. The first kappa shape index (κ1) is 20.2. The number of nitrogens with one attached hydrogen (secondary N) is 1. The summed E-state index contributed by atoms with van der Waals surface area (Å²) in [6.45, 7) is 1.16. The maximum absolute atomic E-state index is 11.8. The molecule has 2 rings (SSSR count). The van der Waals surface area contributed by atoms with E-state index in [0.717, 1.165) is 18.1 Å². The highest BCUT2D eigenvalue weighted by atomic mass is 35.5. The van der Waals surface area contributed by atoms with E-state index in [0.29, 0.717) is 5.75 Å². The first-order valence-electron chi connectivity index (χ1n) is 8.00. The third kappa shape index (κ3) is 6.27. The van der Waals surface area contributed by atoms with Crippen LogP contribution < -0.4 is 10.1 Å². The van der Waals surface area contributed by atoms with Gasteiger partial charge >= 0.3 is 5.97 Å². The van der Waals surface area contributed by atoms with Gasteiger partial charge in [0.25, 0.3) is 11.6 Å². The molecule has 0 atom stereocenters. The highest BCUT2D eigenvalue weighted by molar-refractivity contribution is 6.34. The van der Waals surface area contributed by atoms with Crippen LogP contribution in [0.15, 0.2) is 42.5 Å². The molecule has 2 aromatic carbocycles. The molecule has 8 nitrogen and oxygen atoms in total. The van der Waals surface area contributed by atoms with Crippen LogP contribution in [0.3, 0.4) is 0 Å². The Balaban J connectivity index is 1.77. The van der Waals surface area contributed by atoms with Gasteiger partial charge in [-0.25, -0.2) is 4.79 Å². The molecular formula is C18H17ClN2O6. The number of carbonyl (C=O) groups excluding carboxylic acids is 2. The molecule has 1 N–H and O–H groups in total. The quantitative estimate of drug-likeness (QED) is 0.419. The summed E-state index contributed by atoms with van der Waals surface area (Å²) >= 11 is 5.87. The van der Waals surface area contributed by atoms with Crippen molar-refractivity contribution in [1.29, 1.82) is 0 Å². The van der Waals surface area contributed by atoms with Crippen molar-refractivity contribution in [2.45, 2.75) is 13.3 Å². The number of nitro groups is 1. The van der Waals surface area contributed by atoms with Gasteiger partial charge in [-0.15, -0.1) is 0 Å². The molecule has 0 saturated carbocycles. The highest BCUT2D eigenvalue weighted by Gasteiger charge is 2.13. The molecule has 2 aromatic rings.